The average molecular weight is 390 g/mol. The number of esters is 1. The van der Waals surface area contributed by atoms with Crippen LogP contribution in [0.25, 0.3) is 0 Å². The maximum absolute atomic E-state index is 12.7. The minimum absolute atomic E-state index is 0.300. The van der Waals surface area contributed by atoms with Crippen molar-refractivity contribution in [2.24, 2.45) is 0 Å². The summed E-state index contributed by atoms with van der Waals surface area (Å²) < 4.78 is 11.5. The topological polar surface area (TPSA) is 64.6 Å². The van der Waals surface area contributed by atoms with Crippen LogP contribution in [0.2, 0.25) is 0 Å². The lowest BCUT2D eigenvalue weighted by molar-refractivity contribution is -0.134. The molecule has 0 aromatic heterocycles. The Bertz CT molecular complexity index is 820. The molecule has 0 spiro atoms. The van der Waals surface area contributed by atoms with E-state index in [1.54, 1.807) is 37.3 Å². The molecule has 5 nitrogen and oxygen atoms in total. The van der Waals surface area contributed by atoms with Crippen LogP contribution in [-0.2, 0) is 16.0 Å². The number of carbonyl (C=O) groups excluding carboxylic acids is 2. The Hall–Kier alpha value is -2.34. The van der Waals surface area contributed by atoms with Gasteiger partial charge in [0.15, 0.2) is 5.60 Å². The van der Waals surface area contributed by atoms with Crippen LogP contribution in [0.5, 0.6) is 5.75 Å². The quantitative estimate of drug-likeness (QED) is 0.814. The molecule has 0 aliphatic carbocycles. The molecule has 0 saturated carbocycles. The first kappa shape index (κ1) is 16.5. The number of methoxy groups -OCH3 is 1. The SMILES string of the molecule is COc1ccccc1NC(=O)C1(C)Cc2cc(Br)ccc2C(=O)O1. The van der Waals surface area contributed by atoms with Gasteiger partial charge in [0.2, 0.25) is 0 Å². The smallest absolute Gasteiger partial charge is 0.339 e. The largest absolute Gasteiger partial charge is 0.495 e. The first-order chi connectivity index (χ1) is 11.4. The summed E-state index contributed by atoms with van der Waals surface area (Å²) in [6.45, 7) is 1.61. The fourth-order valence-electron chi connectivity index (χ4n) is 2.70. The van der Waals surface area contributed by atoms with E-state index >= 15 is 0 Å². The van der Waals surface area contributed by atoms with E-state index in [-0.39, 0.29) is 0 Å². The molecule has 24 heavy (non-hydrogen) atoms. The van der Waals surface area contributed by atoms with Gasteiger partial charge < -0.3 is 14.8 Å². The Morgan fingerprint density at radius 1 is 1.29 bits per heavy atom. The maximum atomic E-state index is 12.7. The molecule has 2 aromatic carbocycles. The molecule has 1 N–H and O–H groups in total. The number of anilines is 1. The van der Waals surface area contributed by atoms with Gasteiger partial charge in [0.25, 0.3) is 5.91 Å². The van der Waals surface area contributed by atoms with Crippen molar-refractivity contribution in [1.29, 1.82) is 0 Å². The zero-order valence-electron chi connectivity index (χ0n) is 13.3. The average Bonchev–Trinajstić information content (AvgIpc) is 2.54. The third-order valence-corrected chi connectivity index (χ3v) is 4.46. The fraction of sp³-hybridized carbons (Fsp3) is 0.222. The van der Waals surface area contributed by atoms with Crippen molar-refractivity contribution >= 4 is 33.5 Å². The molecule has 1 aliphatic heterocycles. The lowest BCUT2D eigenvalue weighted by Crippen LogP contribution is -2.48. The van der Waals surface area contributed by atoms with E-state index in [0.29, 0.717) is 23.4 Å². The molecule has 1 unspecified atom stereocenters. The van der Waals surface area contributed by atoms with Gasteiger partial charge in [-0.1, -0.05) is 28.1 Å². The van der Waals surface area contributed by atoms with E-state index in [1.165, 1.54) is 7.11 Å². The van der Waals surface area contributed by atoms with E-state index in [0.717, 1.165) is 10.0 Å². The van der Waals surface area contributed by atoms with Crippen molar-refractivity contribution in [2.45, 2.75) is 18.9 Å². The van der Waals surface area contributed by atoms with Crippen LogP contribution in [0.3, 0.4) is 0 Å². The van der Waals surface area contributed by atoms with Crippen LogP contribution in [-0.4, -0.2) is 24.6 Å². The number of ether oxygens (including phenoxy) is 2. The van der Waals surface area contributed by atoms with E-state index in [2.05, 4.69) is 21.2 Å². The number of para-hydroxylation sites is 2. The summed E-state index contributed by atoms with van der Waals surface area (Å²) in [6, 6.07) is 12.4. The molecule has 3 rings (SSSR count). The number of nitrogens with one attached hydrogen (secondary N) is 1. The molecule has 6 heteroatoms. The Morgan fingerprint density at radius 2 is 2.04 bits per heavy atom. The number of rotatable bonds is 3. The highest BCUT2D eigenvalue weighted by Crippen LogP contribution is 2.32. The monoisotopic (exact) mass is 389 g/mol. The van der Waals surface area contributed by atoms with Gasteiger partial charge in [0.1, 0.15) is 5.75 Å². The summed E-state index contributed by atoms with van der Waals surface area (Å²) in [5.41, 5.74) is 0.507. The van der Waals surface area contributed by atoms with Crippen molar-refractivity contribution in [3.05, 3.63) is 58.1 Å². The lowest BCUT2D eigenvalue weighted by atomic mass is 9.89. The molecule has 1 heterocycles. The van der Waals surface area contributed by atoms with Gasteiger partial charge in [-0.25, -0.2) is 4.79 Å². The highest BCUT2D eigenvalue weighted by molar-refractivity contribution is 9.10. The molecule has 1 amide bonds. The number of hydrogen-bond donors (Lipinski definition) is 1. The summed E-state index contributed by atoms with van der Waals surface area (Å²) in [5, 5.41) is 2.78. The van der Waals surface area contributed by atoms with E-state index in [4.69, 9.17) is 9.47 Å². The van der Waals surface area contributed by atoms with E-state index < -0.39 is 17.5 Å². The number of halogens is 1. The van der Waals surface area contributed by atoms with Gasteiger partial charge in [-0.2, -0.15) is 0 Å². The third kappa shape index (κ3) is 3.01. The first-order valence-electron chi connectivity index (χ1n) is 7.39. The van der Waals surface area contributed by atoms with Crippen LogP contribution in [0, 0.1) is 0 Å². The summed E-state index contributed by atoms with van der Waals surface area (Å²) in [4.78, 5) is 25.0. The van der Waals surface area contributed by atoms with Crippen LogP contribution in [0.4, 0.5) is 5.69 Å². The number of fused-ring (bicyclic) bond motifs is 1. The maximum Gasteiger partial charge on any atom is 0.339 e. The minimum Gasteiger partial charge on any atom is -0.495 e. The molecule has 0 bridgehead atoms. The van der Waals surface area contributed by atoms with Crippen molar-refractivity contribution in [3.63, 3.8) is 0 Å². The van der Waals surface area contributed by atoms with Crippen LogP contribution in [0.15, 0.2) is 46.9 Å². The normalized spacial score (nSPS) is 19.2. The second-order valence-corrected chi connectivity index (χ2v) is 6.67. The zero-order chi connectivity index (χ0) is 17.3. The number of amides is 1. The standard InChI is InChI=1S/C18H16BrNO4/c1-18(17(22)20-14-5-3-4-6-15(14)23-2)10-11-9-12(19)7-8-13(11)16(21)24-18/h3-9H,10H2,1-2H3,(H,20,22). The number of benzene rings is 2. The fourth-order valence-corrected chi connectivity index (χ4v) is 3.10. The molecule has 2 aromatic rings. The van der Waals surface area contributed by atoms with Gasteiger partial charge in [0, 0.05) is 10.9 Å². The summed E-state index contributed by atoms with van der Waals surface area (Å²) in [7, 11) is 1.53. The van der Waals surface area contributed by atoms with E-state index in [9.17, 15) is 9.59 Å². The Labute approximate surface area is 148 Å². The van der Waals surface area contributed by atoms with Crippen LogP contribution >= 0.6 is 15.9 Å². The lowest BCUT2D eigenvalue weighted by Gasteiger charge is -2.33. The second-order valence-electron chi connectivity index (χ2n) is 5.75. The molecule has 0 fully saturated rings. The highest BCUT2D eigenvalue weighted by Gasteiger charge is 2.43. The van der Waals surface area contributed by atoms with Crippen molar-refractivity contribution in [1.82, 2.24) is 0 Å². The van der Waals surface area contributed by atoms with Gasteiger partial charge in [-0.15, -0.1) is 0 Å². The van der Waals surface area contributed by atoms with Crippen LogP contribution in [0.1, 0.15) is 22.8 Å². The molecular weight excluding hydrogens is 374 g/mol. The van der Waals surface area contributed by atoms with Crippen molar-refractivity contribution in [3.8, 4) is 5.75 Å². The Kier molecular flexibility index (Phi) is 4.32. The van der Waals surface area contributed by atoms with Gasteiger partial charge >= 0.3 is 5.97 Å². The number of cyclic esters (lactones) is 1. The van der Waals surface area contributed by atoms with Crippen LogP contribution < -0.4 is 10.1 Å². The molecule has 0 saturated heterocycles. The predicted octanol–water partition coefficient (Wildman–Crippen LogP) is 3.57. The molecule has 124 valence electrons. The number of hydrogen-bond acceptors (Lipinski definition) is 4. The summed E-state index contributed by atoms with van der Waals surface area (Å²) >= 11 is 3.39. The molecule has 1 aliphatic rings. The van der Waals surface area contributed by atoms with Gasteiger partial charge in [-0.3, -0.25) is 4.79 Å². The minimum atomic E-state index is -1.29. The molecular formula is C18H16BrNO4. The first-order valence-corrected chi connectivity index (χ1v) is 8.18. The highest BCUT2D eigenvalue weighted by atomic mass is 79.9. The van der Waals surface area contributed by atoms with Gasteiger partial charge in [-0.05, 0) is 42.8 Å². The predicted molar refractivity (Wildman–Crippen MR) is 93.3 cm³/mol. The summed E-state index contributed by atoms with van der Waals surface area (Å²) in [5.74, 6) is -0.355. The second kappa shape index (κ2) is 6.28. The Morgan fingerprint density at radius 3 is 2.79 bits per heavy atom. The van der Waals surface area contributed by atoms with Gasteiger partial charge in [0.05, 0.1) is 18.4 Å². The summed E-state index contributed by atoms with van der Waals surface area (Å²) in [6.07, 6.45) is 0.300. The Balaban J connectivity index is 1.88. The van der Waals surface area contributed by atoms with Crippen molar-refractivity contribution < 1.29 is 19.1 Å². The zero-order valence-corrected chi connectivity index (χ0v) is 14.8. The molecule has 1 atom stereocenters. The molecule has 0 radical (unpaired) electrons. The van der Waals surface area contributed by atoms with Crippen molar-refractivity contribution in [2.75, 3.05) is 12.4 Å². The third-order valence-electron chi connectivity index (χ3n) is 3.97. The van der Waals surface area contributed by atoms with E-state index in [1.807, 2.05) is 12.1 Å². The number of carbonyl (C=O) groups is 2.